The summed E-state index contributed by atoms with van der Waals surface area (Å²) in [6.45, 7) is 1.74. The summed E-state index contributed by atoms with van der Waals surface area (Å²) in [5.74, 6) is 0. The van der Waals surface area contributed by atoms with E-state index in [1.165, 1.54) is 11.3 Å². The lowest BCUT2D eigenvalue weighted by atomic mass is 10.1. The Morgan fingerprint density at radius 2 is 2.11 bits per heavy atom. The highest BCUT2D eigenvalue weighted by Crippen LogP contribution is 2.26. The number of anilines is 1. The first kappa shape index (κ1) is 13.0. The van der Waals surface area contributed by atoms with Gasteiger partial charge >= 0.3 is 0 Å². The SMILES string of the molecule is COCCOCc1ccccc1-c1csc(N)n1. The van der Waals surface area contributed by atoms with Crippen molar-refractivity contribution < 1.29 is 9.47 Å². The minimum atomic E-state index is 0.553. The normalized spacial score (nSPS) is 10.7. The van der Waals surface area contributed by atoms with E-state index in [1.807, 2.05) is 29.6 Å². The fourth-order valence-corrected chi connectivity index (χ4v) is 2.19. The number of nitrogens with two attached hydrogens (primary N) is 1. The molecule has 4 nitrogen and oxygen atoms in total. The Bertz CT molecular complexity index is 499. The van der Waals surface area contributed by atoms with E-state index in [9.17, 15) is 0 Å². The molecule has 0 amide bonds. The first-order valence-electron chi connectivity index (χ1n) is 5.67. The van der Waals surface area contributed by atoms with Crippen molar-refractivity contribution in [3.8, 4) is 11.3 Å². The molecule has 0 radical (unpaired) electrons. The number of methoxy groups -OCH3 is 1. The Kier molecular flexibility index (Phi) is 4.69. The maximum atomic E-state index is 5.67. The minimum Gasteiger partial charge on any atom is -0.382 e. The number of benzene rings is 1. The molecule has 2 N–H and O–H groups in total. The van der Waals surface area contributed by atoms with Crippen molar-refractivity contribution in [3.05, 3.63) is 35.2 Å². The number of nitrogens with zero attached hydrogens (tertiary/aromatic N) is 1. The molecule has 18 heavy (non-hydrogen) atoms. The third-order valence-corrected chi connectivity index (χ3v) is 3.18. The second-order valence-corrected chi connectivity index (χ2v) is 4.66. The molecule has 5 heteroatoms. The van der Waals surface area contributed by atoms with Crippen LogP contribution in [0.25, 0.3) is 11.3 Å². The van der Waals surface area contributed by atoms with E-state index in [0.717, 1.165) is 16.8 Å². The Balaban J connectivity index is 2.10. The summed E-state index contributed by atoms with van der Waals surface area (Å²) in [6, 6.07) is 8.05. The molecule has 0 aliphatic rings. The number of hydrogen-bond donors (Lipinski definition) is 1. The van der Waals surface area contributed by atoms with E-state index in [4.69, 9.17) is 15.2 Å². The highest BCUT2D eigenvalue weighted by molar-refractivity contribution is 7.13. The van der Waals surface area contributed by atoms with Crippen LogP contribution in [0.3, 0.4) is 0 Å². The quantitative estimate of drug-likeness (QED) is 0.815. The lowest BCUT2D eigenvalue weighted by Crippen LogP contribution is -2.02. The molecule has 0 aliphatic heterocycles. The standard InChI is InChI=1S/C13H16N2O2S/c1-16-6-7-17-8-10-4-2-3-5-11(10)12-9-18-13(14)15-12/h2-5,9H,6-8H2,1H3,(H2,14,15). The van der Waals surface area contributed by atoms with Gasteiger partial charge in [-0.05, 0) is 5.56 Å². The van der Waals surface area contributed by atoms with Crippen LogP contribution in [0.1, 0.15) is 5.56 Å². The molecule has 2 rings (SSSR count). The predicted octanol–water partition coefficient (Wildman–Crippen LogP) is 2.56. The second kappa shape index (κ2) is 6.49. The molecule has 0 spiro atoms. The van der Waals surface area contributed by atoms with E-state index in [0.29, 0.717) is 25.0 Å². The summed E-state index contributed by atoms with van der Waals surface area (Å²) in [6.07, 6.45) is 0. The lowest BCUT2D eigenvalue weighted by Gasteiger charge is -2.08. The monoisotopic (exact) mass is 264 g/mol. The summed E-state index contributed by atoms with van der Waals surface area (Å²) in [5.41, 5.74) is 8.75. The maximum absolute atomic E-state index is 5.67. The van der Waals surface area contributed by atoms with Crippen LogP contribution in [-0.4, -0.2) is 25.3 Å². The van der Waals surface area contributed by atoms with Crippen LogP contribution < -0.4 is 5.73 Å². The zero-order valence-corrected chi connectivity index (χ0v) is 11.1. The van der Waals surface area contributed by atoms with E-state index >= 15 is 0 Å². The van der Waals surface area contributed by atoms with Crippen LogP contribution in [-0.2, 0) is 16.1 Å². The Hall–Kier alpha value is -1.43. The number of rotatable bonds is 6. The zero-order valence-electron chi connectivity index (χ0n) is 10.3. The molecule has 0 saturated carbocycles. The van der Waals surface area contributed by atoms with Crippen molar-refractivity contribution in [1.82, 2.24) is 4.98 Å². The Morgan fingerprint density at radius 3 is 2.83 bits per heavy atom. The molecule has 2 aromatic rings. The molecule has 0 fully saturated rings. The molecule has 0 unspecified atom stereocenters. The molecule has 96 valence electrons. The molecule has 1 heterocycles. The van der Waals surface area contributed by atoms with Crippen molar-refractivity contribution in [2.24, 2.45) is 0 Å². The van der Waals surface area contributed by atoms with Crippen molar-refractivity contribution in [2.75, 3.05) is 26.1 Å². The first-order chi connectivity index (χ1) is 8.81. The van der Waals surface area contributed by atoms with Gasteiger partial charge in [0, 0.05) is 18.1 Å². The third kappa shape index (κ3) is 3.29. The van der Waals surface area contributed by atoms with Crippen molar-refractivity contribution in [2.45, 2.75) is 6.61 Å². The molecule has 1 aromatic heterocycles. The van der Waals surface area contributed by atoms with Gasteiger partial charge in [-0.15, -0.1) is 11.3 Å². The van der Waals surface area contributed by atoms with Gasteiger partial charge < -0.3 is 15.2 Å². The van der Waals surface area contributed by atoms with Crippen LogP contribution in [0.5, 0.6) is 0 Å². The highest BCUT2D eigenvalue weighted by atomic mass is 32.1. The van der Waals surface area contributed by atoms with Crippen LogP contribution >= 0.6 is 11.3 Å². The summed E-state index contributed by atoms with van der Waals surface area (Å²) >= 11 is 1.45. The van der Waals surface area contributed by atoms with E-state index in [1.54, 1.807) is 7.11 Å². The number of nitrogen functional groups attached to an aromatic ring is 1. The van der Waals surface area contributed by atoms with Crippen LogP contribution in [0.4, 0.5) is 5.13 Å². The van der Waals surface area contributed by atoms with Gasteiger partial charge in [0.15, 0.2) is 5.13 Å². The maximum Gasteiger partial charge on any atom is 0.180 e. The van der Waals surface area contributed by atoms with E-state index in [2.05, 4.69) is 4.98 Å². The summed E-state index contributed by atoms with van der Waals surface area (Å²) < 4.78 is 10.5. The number of ether oxygens (including phenoxy) is 2. The van der Waals surface area contributed by atoms with Gasteiger partial charge in [0.25, 0.3) is 0 Å². The predicted molar refractivity (Wildman–Crippen MR) is 73.5 cm³/mol. The van der Waals surface area contributed by atoms with Gasteiger partial charge in [0.2, 0.25) is 0 Å². The molecular weight excluding hydrogens is 248 g/mol. The Labute approximate surface area is 110 Å². The zero-order chi connectivity index (χ0) is 12.8. The largest absolute Gasteiger partial charge is 0.382 e. The fraction of sp³-hybridized carbons (Fsp3) is 0.308. The highest BCUT2D eigenvalue weighted by Gasteiger charge is 2.07. The molecule has 0 atom stereocenters. The molecule has 0 aliphatic carbocycles. The van der Waals surface area contributed by atoms with E-state index < -0.39 is 0 Å². The topological polar surface area (TPSA) is 57.4 Å². The second-order valence-electron chi connectivity index (χ2n) is 3.77. The van der Waals surface area contributed by atoms with Crippen LogP contribution in [0, 0.1) is 0 Å². The minimum absolute atomic E-state index is 0.553. The number of thiazole rings is 1. The van der Waals surface area contributed by atoms with Crippen molar-refractivity contribution in [3.63, 3.8) is 0 Å². The van der Waals surface area contributed by atoms with Gasteiger partial charge in [-0.1, -0.05) is 24.3 Å². The van der Waals surface area contributed by atoms with Crippen LogP contribution in [0.2, 0.25) is 0 Å². The molecule has 1 aromatic carbocycles. The van der Waals surface area contributed by atoms with Crippen molar-refractivity contribution >= 4 is 16.5 Å². The first-order valence-corrected chi connectivity index (χ1v) is 6.55. The van der Waals surface area contributed by atoms with E-state index in [-0.39, 0.29) is 0 Å². The van der Waals surface area contributed by atoms with Gasteiger partial charge in [0.1, 0.15) is 0 Å². The third-order valence-electron chi connectivity index (χ3n) is 2.50. The fourth-order valence-electron chi connectivity index (χ4n) is 1.63. The number of aromatic nitrogens is 1. The van der Waals surface area contributed by atoms with Gasteiger partial charge in [0.05, 0.1) is 25.5 Å². The molecule has 0 bridgehead atoms. The summed E-state index contributed by atoms with van der Waals surface area (Å²) in [7, 11) is 1.66. The Morgan fingerprint density at radius 1 is 1.28 bits per heavy atom. The molecule has 0 saturated heterocycles. The average molecular weight is 264 g/mol. The van der Waals surface area contributed by atoms with Gasteiger partial charge in [-0.25, -0.2) is 4.98 Å². The van der Waals surface area contributed by atoms with Crippen molar-refractivity contribution in [1.29, 1.82) is 0 Å². The average Bonchev–Trinajstić information content (AvgIpc) is 2.82. The van der Waals surface area contributed by atoms with Gasteiger partial charge in [-0.3, -0.25) is 0 Å². The summed E-state index contributed by atoms with van der Waals surface area (Å²) in [5, 5.41) is 2.55. The summed E-state index contributed by atoms with van der Waals surface area (Å²) in [4.78, 5) is 4.30. The van der Waals surface area contributed by atoms with Gasteiger partial charge in [-0.2, -0.15) is 0 Å². The smallest absolute Gasteiger partial charge is 0.180 e. The molecular formula is C13H16N2O2S. The number of hydrogen-bond acceptors (Lipinski definition) is 5. The lowest BCUT2D eigenvalue weighted by molar-refractivity contribution is 0.0618. The van der Waals surface area contributed by atoms with Crippen LogP contribution in [0.15, 0.2) is 29.6 Å².